The van der Waals surface area contributed by atoms with E-state index >= 15 is 0 Å². The maximum Gasteiger partial charge on any atom is 0.425 e. The molecule has 0 aromatic heterocycles. The molecule has 15 heavy (non-hydrogen) atoms. The second-order valence-corrected chi connectivity index (χ2v) is 4.73. The first-order valence-electron chi connectivity index (χ1n) is 4.57. The maximum absolute atomic E-state index is 8.44. The largest absolute Gasteiger partial charge is 0.425 e. The van der Waals surface area contributed by atoms with Crippen LogP contribution in [0.3, 0.4) is 0 Å². The van der Waals surface area contributed by atoms with Crippen molar-refractivity contribution in [2.75, 3.05) is 0 Å². The predicted octanol–water partition coefficient (Wildman–Crippen LogP) is 2.29. The quantitative estimate of drug-likeness (QED) is 0.684. The maximum atomic E-state index is 8.44. The van der Waals surface area contributed by atoms with Gasteiger partial charge in [-0.05, 0) is 17.9 Å². The molecule has 0 saturated heterocycles. The highest BCUT2D eigenvalue weighted by Gasteiger charge is 2.11. The predicted molar refractivity (Wildman–Crippen MR) is 59.6 cm³/mol. The van der Waals surface area contributed by atoms with E-state index in [-0.39, 0.29) is 5.41 Å². The molecule has 0 aliphatic heterocycles. The fourth-order valence-electron chi connectivity index (χ4n) is 1.05. The van der Waals surface area contributed by atoms with Crippen LogP contribution in [0.5, 0.6) is 0 Å². The smallest absolute Gasteiger partial charge is 0.142 e. The summed E-state index contributed by atoms with van der Waals surface area (Å²) >= 11 is 0. The van der Waals surface area contributed by atoms with E-state index in [4.69, 9.17) is 12.6 Å². The van der Waals surface area contributed by atoms with Gasteiger partial charge in [0.2, 0.25) is 0 Å². The average Bonchev–Trinajstić information content (AvgIpc) is 2.01. The van der Waals surface area contributed by atoms with Crippen molar-refractivity contribution >= 4 is 10.6 Å². The highest BCUT2D eigenvalue weighted by atomic mass is 32.2. The molecule has 0 heterocycles. The molecule has 0 atom stereocenters. The lowest BCUT2D eigenvalue weighted by molar-refractivity contribution is 0.559. The number of rotatable bonds is 0. The SMILES string of the molecule is Cc1ccc(C(C)(C)C)cc1.O=S(=O)=O. The first-order chi connectivity index (χ1) is 6.73. The van der Waals surface area contributed by atoms with Gasteiger partial charge in [-0.15, -0.1) is 12.6 Å². The summed E-state index contributed by atoms with van der Waals surface area (Å²) in [6, 6.07) is 8.74. The zero-order chi connectivity index (χ0) is 12.1. The Morgan fingerprint density at radius 2 is 1.27 bits per heavy atom. The molecule has 0 spiro atoms. The summed E-state index contributed by atoms with van der Waals surface area (Å²) in [4.78, 5) is 0. The minimum atomic E-state index is -3.11. The molecule has 1 aromatic carbocycles. The highest BCUT2D eigenvalue weighted by Crippen LogP contribution is 2.21. The van der Waals surface area contributed by atoms with Crippen molar-refractivity contribution in [3.63, 3.8) is 0 Å². The Bertz CT molecular complexity index is 388. The van der Waals surface area contributed by atoms with Gasteiger partial charge in [0.05, 0.1) is 0 Å². The zero-order valence-electron chi connectivity index (χ0n) is 9.44. The third-order valence-corrected chi connectivity index (χ3v) is 1.92. The van der Waals surface area contributed by atoms with Gasteiger partial charge in [0, 0.05) is 0 Å². The van der Waals surface area contributed by atoms with Gasteiger partial charge in [-0.3, -0.25) is 0 Å². The molecular weight excluding hydrogens is 212 g/mol. The zero-order valence-corrected chi connectivity index (χ0v) is 10.3. The lowest BCUT2D eigenvalue weighted by Crippen LogP contribution is -2.10. The van der Waals surface area contributed by atoms with Crippen LogP contribution in [0.4, 0.5) is 0 Å². The molecule has 0 N–H and O–H groups in total. The van der Waals surface area contributed by atoms with E-state index in [1.54, 1.807) is 0 Å². The number of hydrogen-bond donors (Lipinski definition) is 0. The Morgan fingerprint density at radius 1 is 0.933 bits per heavy atom. The summed E-state index contributed by atoms with van der Waals surface area (Å²) < 4.78 is 25.3. The molecule has 1 rings (SSSR count). The van der Waals surface area contributed by atoms with Crippen LogP contribution in [-0.2, 0) is 16.0 Å². The van der Waals surface area contributed by atoms with Crippen LogP contribution in [0.2, 0.25) is 0 Å². The van der Waals surface area contributed by atoms with E-state index < -0.39 is 10.6 Å². The summed E-state index contributed by atoms with van der Waals surface area (Å²) in [6.07, 6.45) is 0. The van der Waals surface area contributed by atoms with Crippen molar-refractivity contribution in [1.29, 1.82) is 0 Å². The number of benzene rings is 1. The van der Waals surface area contributed by atoms with Crippen LogP contribution in [0, 0.1) is 6.92 Å². The summed E-state index contributed by atoms with van der Waals surface area (Å²) in [5, 5.41) is 0. The normalized spacial score (nSPS) is 10.1. The van der Waals surface area contributed by atoms with Gasteiger partial charge in [-0.2, -0.15) is 0 Å². The molecule has 0 amide bonds. The molecule has 0 aliphatic carbocycles. The van der Waals surface area contributed by atoms with Crippen molar-refractivity contribution < 1.29 is 12.6 Å². The summed E-state index contributed by atoms with van der Waals surface area (Å²) in [7, 11) is -3.11. The molecule has 0 saturated carbocycles. The highest BCUT2D eigenvalue weighted by molar-refractivity contribution is 7.59. The minimum absolute atomic E-state index is 0.285. The van der Waals surface area contributed by atoms with Crippen molar-refractivity contribution in [3.05, 3.63) is 35.4 Å². The Hall–Kier alpha value is -1.16. The van der Waals surface area contributed by atoms with Gasteiger partial charge in [-0.1, -0.05) is 50.6 Å². The van der Waals surface area contributed by atoms with Gasteiger partial charge >= 0.3 is 10.6 Å². The van der Waals surface area contributed by atoms with Crippen LogP contribution in [0.1, 0.15) is 31.9 Å². The van der Waals surface area contributed by atoms with Gasteiger partial charge in [-0.25, -0.2) is 0 Å². The average molecular weight is 228 g/mol. The van der Waals surface area contributed by atoms with Crippen molar-refractivity contribution in [2.45, 2.75) is 33.1 Å². The van der Waals surface area contributed by atoms with Crippen molar-refractivity contribution in [1.82, 2.24) is 0 Å². The van der Waals surface area contributed by atoms with Crippen molar-refractivity contribution in [2.24, 2.45) is 0 Å². The first kappa shape index (κ1) is 13.8. The Morgan fingerprint density at radius 3 is 1.53 bits per heavy atom. The fraction of sp³-hybridized carbons (Fsp3) is 0.455. The monoisotopic (exact) mass is 228 g/mol. The van der Waals surface area contributed by atoms with Crippen LogP contribution < -0.4 is 0 Å². The number of hydrogen-bond acceptors (Lipinski definition) is 3. The van der Waals surface area contributed by atoms with Gasteiger partial charge in [0.1, 0.15) is 0 Å². The topological polar surface area (TPSA) is 51.2 Å². The van der Waals surface area contributed by atoms with E-state index in [1.807, 2.05) is 0 Å². The second kappa shape index (κ2) is 5.66. The minimum Gasteiger partial charge on any atom is -0.142 e. The Balaban J connectivity index is 0.000000423. The summed E-state index contributed by atoms with van der Waals surface area (Å²) in [5.41, 5.74) is 3.02. The standard InChI is InChI=1S/C11H16.O3S/c1-9-5-7-10(8-6-9)11(2,3)4;1-4(2)3/h5-8H,1-4H3;. The lowest BCUT2D eigenvalue weighted by atomic mass is 9.87. The molecule has 0 aliphatic rings. The third kappa shape index (κ3) is 6.85. The molecule has 84 valence electrons. The summed E-state index contributed by atoms with van der Waals surface area (Å²) in [6.45, 7) is 8.82. The van der Waals surface area contributed by atoms with E-state index in [2.05, 4.69) is 52.0 Å². The van der Waals surface area contributed by atoms with Gasteiger partial charge in [0.25, 0.3) is 0 Å². The Labute approximate surface area is 92.2 Å². The van der Waals surface area contributed by atoms with Crippen LogP contribution in [0.15, 0.2) is 24.3 Å². The molecule has 4 heteroatoms. The molecule has 0 bridgehead atoms. The molecule has 0 fully saturated rings. The molecular formula is C11H16O3S. The van der Waals surface area contributed by atoms with E-state index in [0.717, 1.165) is 0 Å². The van der Waals surface area contributed by atoms with Crippen LogP contribution in [0.25, 0.3) is 0 Å². The van der Waals surface area contributed by atoms with E-state index in [0.29, 0.717) is 0 Å². The van der Waals surface area contributed by atoms with Gasteiger partial charge < -0.3 is 0 Å². The molecule has 1 aromatic rings. The summed E-state index contributed by atoms with van der Waals surface area (Å²) in [5.74, 6) is 0. The van der Waals surface area contributed by atoms with E-state index in [1.165, 1.54) is 11.1 Å². The molecule has 0 radical (unpaired) electrons. The molecule has 3 nitrogen and oxygen atoms in total. The van der Waals surface area contributed by atoms with Crippen LogP contribution >= 0.6 is 0 Å². The van der Waals surface area contributed by atoms with Crippen LogP contribution in [-0.4, -0.2) is 12.6 Å². The second-order valence-electron chi connectivity index (χ2n) is 4.32. The Kier molecular flexibility index (Phi) is 5.22. The van der Waals surface area contributed by atoms with Crippen molar-refractivity contribution in [3.8, 4) is 0 Å². The molecule has 0 unspecified atom stereocenters. The van der Waals surface area contributed by atoms with Gasteiger partial charge in [0.15, 0.2) is 0 Å². The fourth-order valence-corrected chi connectivity index (χ4v) is 1.05. The first-order valence-corrected chi connectivity index (χ1v) is 5.57. The van der Waals surface area contributed by atoms with E-state index in [9.17, 15) is 0 Å². The third-order valence-electron chi connectivity index (χ3n) is 1.92. The number of aryl methyl sites for hydroxylation is 1. The lowest BCUT2D eigenvalue weighted by Gasteiger charge is -2.18.